The van der Waals surface area contributed by atoms with Gasteiger partial charge >= 0.3 is 0 Å². The van der Waals surface area contributed by atoms with Gasteiger partial charge in [-0.15, -0.1) is 0 Å². The second-order valence-corrected chi connectivity index (χ2v) is 4.94. The number of halogens is 1. The first-order valence-electron chi connectivity index (χ1n) is 6.42. The molecule has 0 saturated carbocycles. The molecule has 2 rings (SSSR count). The largest absolute Gasteiger partial charge is 0.494 e. The van der Waals surface area contributed by atoms with Crippen LogP contribution in [0, 0.1) is 12.7 Å². The molecule has 0 fully saturated rings. The van der Waals surface area contributed by atoms with Crippen molar-refractivity contribution in [1.82, 2.24) is 9.97 Å². The minimum atomic E-state index is -0.417. The SMILES string of the molecule is COc1cc(-c2nc(C)c(C(C)C)c(N)n2)ccc1F. The van der Waals surface area contributed by atoms with Gasteiger partial charge in [0.2, 0.25) is 0 Å². The molecule has 106 valence electrons. The molecule has 0 bridgehead atoms. The van der Waals surface area contributed by atoms with E-state index in [0.717, 1.165) is 11.3 Å². The van der Waals surface area contributed by atoms with Crippen LogP contribution in [0.4, 0.5) is 10.2 Å². The van der Waals surface area contributed by atoms with Gasteiger partial charge < -0.3 is 10.5 Å². The summed E-state index contributed by atoms with van der Waals surface area (Å²) in [6.45, 7) is 5.99. The summed E-state index contributed by atoms with van der Waals surface area (Å²) in [6, 6.07) is 4.51. The van der Waals surface area contributed by atoms with E-state index in [9.17, 15) is 4.39 Å². The van der Waals surface area contributed by atoms with Gasteiger partial charge in [-0.1, -0.05) is 13.8 Å². The Morgan fingerprint density at radius 1 is 1.25 bits per heavy atom. The van der Waals surface area contributed by atoms with Crippen molar-refractivity contribution in [2.45, 2.75) is 26.7 Å². The Balaban J connectivity index is 2.54. The fourth-order valence-corrected chi connectivity index (χ4v) is 2.25. The molecule has 0 radical (unpaired) electrons. The van der Waals surface area contributed by atoms with Crippen LogP contribution in [0.5, 0.6) is 5.75 Å². The maximum atomic E-state index is 13.4. The smallest absolute Gasteiger partial charge is 0.165 e. The van der Waals surface area contributed by atoms with Crippen LogP contribution in [-0.2, 0) is 0 Å². The number of benzene rings is 1. The van der Waals surface area contributed by atoms with Gasteiger partial charge in [-0.2, -0.15) is 0 Å². The highest BCUT2D eigenvalue weighted by Crippen LogP contribution is 2.28. The van der Waals surface area contributed by atoms with Crippen molar-refractivity contribution in [3.05, 3.63) is 35.3 Å². The summed E-state index contributed by atoms with van der Waals surface area (Å²) in [5.74, 6) is 0.940. The minimum absolute atomic E-state index is 0.162. The normalized spacial score (nSPS) is 10.9. The van der Waals surface area contributed by atoms with Crippen molar-refractivity contribution in [3.8, 4) is 17.1 Å². The van der Waals surface area contributed by atoms with Crippen LogP contribution in [0.15, 0.2) is 18.2 Å². The quantitative estimate of drug-likeness (QED) is 0.933. The third kappa shape index (κ3) is 2.57. The Labute approximate surface area is 117 Å². The molecule has 1 heterocycles. The lowest BCUT2D eigenvalue weighted by Gasteiger charge is -2.13. The van der Waals surface area contributed by atoms with Crippen LogP contribution < -0.4 is 10.5 Å². The van der Waals surface area contributed by atoms with Gasteiger partial charge in [0.15, 0.2) is 17.4 Å². The fourth-order valence-electron chi connectivity index (χ4n) is 2.25. The van der Waals surface area contributed by atoms with Crippen molar-refractivity contribution >= 4 is 5.82 Å². The number of rotatable bonds is 3. The summed E-state index contributed by atoms with van der Waals surface area (Å²) >= 11 is 0. The molecule has 2 aromatic rings. The molecule has 0 amide bonds. The number of nitrogens with two attached hydrogens (primary N) is 1. The summed E-state index contributed by atoms with van der Waals surface area (Å²) in [4.78, 5) is 8.78. The van der Waals surface area contributed by atoms with Crippen LogP contribution in [0.1, 0.15) is 31.0 Å². The van der Waals surface area contributed by atoms with Crippen molar-refractivity contribution in [3.63, 3.8) is 0 Å². The third-order valence-corrected chi connectivity index (χ3v) is 3.15. The van der Waals surface area contributed by atoms with Gasteiger partial charge in [0.05, 0.1) is 7.11 Å². The molecule has 0 aliphatic heterocycles. The van der Waals surface area contributed by atoms with E-state index >= 15 is 0 Å². The van der Waals surface area contributed by atoms with Gasteiger partial charge in [0.1, 0.15) is 5.82 Å². The van der Waals surface area contributed by atoms with Crippen molar-refractivity contribution in [2.24, 2.45) is 0 Å². The van der Waals surface area contributed by atoms with Crippen LogP contribution in [0.25, 0.3) is 11.4 Å². The molecule has 0 unspecified atom stereocenters. The summed E-state index contributed by atoms with van der Waals surface area (Å²) in [7, 11) is 1.42. The van der Waals surface area contributed by atoms with Gasteiger partial charge in [0.25, 0.3) is 0 Å². The number of hydrogen-bond acceptors (Lipinski definition) is 4. The minimum Gasteiger partial charge on any atom is -0.494 e. The molecule has 20 heavy (non-hydrogen) atoms. The maximum Gasteiger partial charge on any atom is 0.165 e. The highest BCUT2D eigenvalue weighted by Gasteiger charge is 2.14. The van der Waals surface area contributed by atoms with Crippen molar-refractivity contribution in [2.75, 3.05) is 12.8 Å². The molecule has 0 aliphatic rings. The van der Waals surface area contributed by atoms with Gasteiger partial charge in [0, 0.05) is 16.8 Å². The van der Waals surface area contributed by atoms with E-state index in [0.29, 0.717) is 17.2 Å². The summed E-state index contributed by atoms with van der Waals surface area (Å²) in [5.41, 5.74) is 8.46. The van der Waals surface area contributed by atoms with Crippen LogP contribution in [-0.4, -0.2) is 17.1 Å². The number of nitrogens with zero attached hydrogens (tertiary/aromatic N) is 2. The predicted octanol–water partition coefficient (Wildman–Crippen LogP) is 3.31. The number of aromatic nitrogens is 2. The zero-order chi connectivity index (χ0) is 14.9. The Bertz CT molecular complexity index is 618. The molecule has 1 aromatic heterocycles. The first-order valence-corrected chi connectivity index (χ1v) is 6.42. The second kappa shape index (κ2) is 5.45. The molecule has 0 aliphatic carbocycles. The molecule has 5 heteroatoms. The number of aryl methyl sites for hydroxylation is 1. The first kappa shape index (κ1) is 14.2. The van der Waals surface area contributed by atoms with E-state index in [1.807, 2.05) is 20.8 Å². The monoisotopic (exact) mass is 275 g/mol. The summed E-state index contributed by atoms with van der Waals surface area (Å²) in [6.07, 6.45) is 0. The van der Waals surface area contributed by atoms with Gasteiger partial charge in [-0.25, -0.2) is 14.4 Å². The van der Waals surface area contributed by atoms with E-state index in [-0.39, 0.29) is 11.7 Å². The lowest BCUT2D eigenvalue weighted by atomic mass is 10.0. The van der Waals surface area contributed by atoms with Gasteiger partial charge in [-0.05, 0) is 31.0 Å². The Kier molecular flexibility index (Phi) is 3.88. The Morgan fingerprint density at radius 3 is 2.50 bits per heavy atom. The van der Waals surface area contributed by atoms with Crippen LogP contribution in [0.2, 0.25) is 0 Å². The number of anilines is 1. The van der Waals surface area contributed by atoms with E-state index in [1.54, 1.807) is 12.1 Å². The lowest BCUT2D eigenvalue weighted by Crippen LogP contribution is -2.06. The summed E-state index contributed by atoms with van der Waals surface area (Å²) in [5, 5.41) is 0. The summed E-state index contributed by atoms with van der Waals surface area (Å²) < 4.78 is 18.4. The number of ether oxygens (including phenoxy) is 1. The van der Waals surface area contributed by atoms with Crippen LogP contribution >= 0.6 is 0 Å². The molecule has 1 aromatic carbocycles. The lowest BCUT2D eigenvalue weighted by molar-refractivity contribution is 0.387. The molecule has 2 N–H and O–H groups in total. The van der Waals surface area contributed by atoms with E-state index in [2.05, 4.69) is 9.97 Å². The predicted molar refractivity (Wildman–Crippen MR) is 77.2 cm³/mol. The standard InChI is InChI=1S/C15H18FN3O/c1-8(2)13-9(3)18-15(19-14(13)17)10-5-6-11(16)12(7-10)20-4/h5-8H,1-4H3,(H2,17,18,19). The van der Waals surface area contributed by atoms with Crippen molar-refractivity contribution in [1.29, 1.82) is 0 Å². The molecule has 0 spiro atoms. The number of methoxy groups -OCH3 is 1. The molecule has 4 nitrogen and oxygen atoms in total. The Hall–Kier alpha value is -2.17. The zero-order valence-corrected chi connectivity index (χ0v) is 12.1. The van der Waals surface area contributed by atoms with Crippen LogP contribution in [0.3, 0.4) is 0 Å². The molecular formula is C15H18FN3O. The zero-order valence-electron chi connectivity index (χ0n) is 12.1. The van der Waals surface area contributed by atoms with E-state index in [4.69, 9.17) is 10.5 Å². The first-order chi connectivity index (χ1) is 9.43. The van der Waals surface area contributed by atoms with Crippen molar-refractivity contribution < 1.29 is 9.13 Å². The van der Waals surface area contributed by atoms with E-state index in [1.165, 1.54) is 13.2 Å². The Morgan fingerprint density at radius 2 is 1.95 bits per heavy atom. The number of hydrogen-bond donors (Lipinski definition) is 1. The topological polar surface area (TPSA) is 61.0 Å². The maximum absolute atomic E-state index is 13.4. The molecular weight excluding hydrogens is 257 g/mol. The number of nitrogen functional groups attached to an aromatic ring is 1. The average molecular weight is 275 g/mol. The highest BCUT2D eigenvalue weighted by molar-refractivity contribution is 5.61. The van der Waals surface area contributed by atoms with Gasteiger partial charge in [-0.3, -0.25) is 0 Å². The highest BCUT2D eigenvalue weighted by atomic mass is 19.1. The second-order valence-electron chi connectivity index (χ2n) is 4.94. The van der Waals surface area contributed by atoms with E-state index < -0.39 is 5.82 Å². The molecule has 0 atom stereocenters. The molecule has 0 saturated heterocycles. The fraction of sp³-hybridized carbons (Fsp3) is 0.333. The third-order valence-electron chi connectivity index (χ3n) is 3.15. The average Bonchev–Trinajstić information content (AvgIpc) is 2.37.